The molecule has 0 aliphatic heterocycles. The van der Waals surface area contributed by atoms with Crippen molar-refractivity contribution in [2.45, 2.75) is 31.6 Å². The molecule has 0 saturated heterocycles. The van der Waals surface area contributed by atoms with E-state index in [1.165, 1.54) is 22.1 Å². The Morgan fingerprint density at radius 1 is 1.09 bits per heavy atom. The molecule has 0 unspecified atom stereocenters. The van der Waals surface area contributed by atoms with Crippen LogP contribution in [0.25, 0.3) is 11.1 Å². The molecule has 2 aromatic rings. The van der Waals surface area contributed by atoms with Gasteiger partial charge in [0.1, 0.15) is 13.2 Å². The first-order valence-corrected chi connectivity index (χ1v) is 11.6. The van der Waals surface area contributed by atoms with E-state index < -0.39 is 12.1 Å². The number of rotatable bonds is 10. The van der Waals surface area contributed by atoms with Crippen LogP contribution in [0.3, 0.4) is 0 Å². The van der Waals surface area contributed by atoms with E-state index in [4.69, 9.17) is 9.84 Å². The molecule has 0 spiro atoms. The van der Waals surface area contributed by atoms with E-state index in [0.717, 1.165) is 30.4 Å². The van der Waals surface area contributed by atoms with Gasteiger partial charge in [-0.1, -0.05) is 61.0 Å². The predicted octanol–water partition coefficient (Wildman–Crippen LogP) is 4.18. The van der Waals surface area contributed by atoms with Gasteiger partial charge < -0.3 is 20.1 Å². The molecule has 34 heavy (non-hydrogen) atoms. The van der Waals surface area contributed by atoms with Gasteiger partial charge in [0.15, 0.2) is 0 Å². The number of ether oxygens (including phenoxy) is 1. The first-order chi connectivity index (χ1) is 16.4. The number of alkyl carbamates (subject to hydrolysis) is 1. The second kappa shape index (κ2) is 10.1. The second-order valence-electron chi connectivity index (χ2n) is 9.17. The highest BCUT2D eigenvalue weighted by Crippen LogP contribution is 2.45. The van der Waals surface area contributed by atoms with Crippen molar-refractivity contribution in [3.05, 3.63) is 72.3 Å². The summed E-state index contributed by atoms with van der Waals surface area (Å²) in [5.41, 5.74) is 4.28. The molecule has 178 valence electrons. The van der Waals surface area contributed by atoms with Crippen molar-refractivity contribution in [3.8, 4) is 11.1 Å². The smallest absolute Gasteiger partial charge is 0.407 e. The average Bonchev–Trinajstić information content (AvgIpc) is 3.12. The van der Waals surface area contributed by atoms with Crippen LogP contribution in [0.15, 0.2) is 61.2 Å². The molecule has 7 nitrogen and oxygen atoms in total. The summed E-state index contributed by atoms with van der Waals surface area (Å²) < 4.78 is 5.61. The molecule has 1 saturated carbocycles. The van der Waals surface area contributed by atoms with Crippen molar-refractivity contribution < 1.29 is 24.2 Å². The van der Waals surface area contributed by atoms with Gasteiger partial charge in [-0.25, -0.2) is 4.79 Å². The number of nitrogens with zero attached hydrogens (tertiary/aromatic N) is 1. The van der Waals surface area contributed by atoms with E-state index in [2.05, 4.69) is 36.2 Å². The molecule has 0 aromatic heterocycles. The van der Waals surface area contributed by atoms with Gasteiger partial charge in [0, 0.05) is 25.4 Å². The molecule has 7 heteroatoms. The topological polar surface area (TPSA) is 95.9 Å². The Balaban J connectivity index is 1.33. The lowest BCUT2D eigenvalue weighted by molar-refractivity contribution is -0.145. The maximum atomic E-state index is 12.7. The summed E-state index contributed by atoms with van der Waals surface area (Å²) in [7, 11) is 0. The number of amides is 2. The van der Waals surface area contributed by atoms with Crippen molar-refractivity contribution in [1.29, 1.82) is 0 Å². The second-order valence-corrected chi connectivity index (χ2v) is 9.17. The van der Waals surface area contributed by atoms with Crippen LogP contribution in [-0.4, -0.2) is 54.2 Å². The van der Waals surface area contributed by atoms with Gasteiger partial charge in [-0.05, 0) is 40.5 Å². The molecule has 1 fully saturated rings. The quantitative estimate of drug-likeness (QED) is 0.517. The number of carboxylic acids is 1. The molecule has 0 bridgehead atoms. The lowest BCUT2D eigenvalue weighted by atomic mass is 9.66. The van der Waals surface area contributed by atoms with Crippen molar-refractivity contribution in [2.24, 2.45) is 5.41 Å². The van der Waals surface area contributed by atoms with Crippen LogP contribution in [0, 0.1) is 5.41 Å². The summed E-state index contributed by atoms with van der Waals surface area (Å²) in [5, 5.41) is 11.9. The van der Waals surface area contributed by atoms with Crippen LogP contribution in [0.2, 0.25) is 0 Å². The molecule has 2 amide bonds. The minimum atomic E-state index is -1.06. The summed E-state index contributed by atoms with van der Waals surface area (Å²) in [6.45, 7) is 3.98. The fraction of sp³-hybridized carbons (Fsp3) is 0.370. The van der Waals surface area contributed by atoms with Crippen molar-refractivity contribution in [1.82, 2.24) is 10.2 Å². The molecule has 2 N–H and O–H groups in total. The number of carboxylic acid groups (broad SMARTS) is 1. The van der Waals surface area contributed by atoms with Crippen LogP contribution >= 0.6 is 0 Å². The Morgan fingerprint density at radius 2 is 1.71 bits per heavy atom. The van der Waals surface area contributed by atoms with Gasteiger partial charge in [-0.3, -0.25) is 9.59 Å². The van der Waals surface area contributed by atoms with E-state index in [9.17, 15) is 14.4 Å². The molecule has 0 atom stereocenters. The van der Waals surface area contributed by atoms with Crippen LogP contribution in [0.1, 0.15) is 42.7 Å². The fourth-order valence-corrected chi connectivity index (χ4v) is 5.01. The average molecular weight is 463 g/mol. The van der Waals surface area contributed by atoms with Gasteiger partial charge in [-0.2, -0.15) is 0 Å². The molecule has 2 aromatic carbocycles. The molecule has 4 rings (SSSR count). The van der Waals surface area contributed by atoms with Gasteiger partial charge in [0.05, 0.1) is 0 Å². The minimum absolute atomic E-state index is 0.0131. The lowest BCUT2D eigenvalue weighted by Gasteiger charge is -2.42. The summed E-state index contributed by atoms with van der Waals surface area (Å²) in [4.78, 5) is 37.7. The first kappa shape index (κ1) is 23.5. The van der Waals surface area contributed by atoms with E-state index in [0.29, 0.717) is 6.54 Å². The Hall–Kier alpha value is -3.61. The Kier molecular flexibility index (Phi) is 7.01. The van der Waals surface area contributed by atoms with Crippen molar-refractivity contribution in [3.63, 3.8) is 0 Å². The maximum Gasteiger partial charge on any atom is 0.407 e. The molecule has 0 heterocycles. The van der Waals surface area contributed by atoms with Gasteiger partial charge in [0.25, 0.3) is 0 Å². The largest absolute Gasteiger partial charge is 0.480 e. The van der Waals surface area contributed by atoms with Crippen molar-refractivity contribution >= 4 is 18.0 Å². The van der Waals surface area contributed by atoms with Crippen LogP contribution in [-0.2, 0) is 14.3 Å². The summed E-state index contributed by atoms with van der Waals surface area (Å²) in [6, 6.07) is 16.3. The maximum absolute atomic E-state index is 12.7. The minimum Gasteiger partial charge on any atom is -0.480 e. The van der Waals surface area contributed by atoms with E-state index >= 15 is 0 Å². The Labute approximate surface area is 199 Å². The zero-order valence-corrected chi connectivity index (χ0v) is 19.2. The third kappa shape index (κ3) is 4.98. The Morgan fingerprint density at radius 3 is 2.24 bits per heavy atom. The van der Waals surface area contributed by atoms with Gasteiger partial charge in [0.2, 0.25) is 5.91 Å². The predicted molar refractivity (Wildman–Crippen MR) is 128 cm³/mol. The zero-order chi connectivity index (χ0) is 24.1. The van der Waals surface area contributed by atoms with Gasteiger partial charge in [-0.15, -0.1) is 6.58 Å². The normalized spacial score (nSPS) is 15.4. The van der Waals surface area contributed by atoms with Crippen molar-refractivity contribution in [2.75, 3.05) is 26.2 Å². The van der Waals surface area contributed by atoms with Crippen LogP contribution < -0.4 is 5.32 Å². The molecule has 0 radical (unpaired) electrons. The number of fused-ring (bicyclic) bond motifs is 3. The van der Waals surface area contributed by atoms with Crippen LogP contribution in [0.5, 0.6) is 0 Å². The zero-order valence-electron chi connectivity index (χ0n) is 19.2. The first-order valence-electron chi connectivity index (χ1n) is 11.6. The highest BCUT2D eigenvalue weighted by molar-refractivity contribution is 5.82. The third-order valence-corrected chi connectivity index (χ3v) is 6.92. The molecular formula is C27H30N2O5. The highest BCUT2D eigenvalue weighted by Gasteiger charge is 2.40. The lowest BCUT2D eigenvalue weighted by Crippen LogP contribution is -2.47. The molecular weight excluding hydrogens is 432 g/mol. The number of benzene rings is 2. The van der Waals surface area contributed by atoms with E-state index in [1.54, 1.807) is 0 Å². The number of aliphatic carboxylic acids is 1. The van der Waals surface area contributed by atoms with E-state index in [1.807, 2.05) is 24.3 Å². The summed E-state index contributed by atoms with van der Waals surface area (Å²) >= 11 is 0. The van der Waals surface area contributed by atoms with E-state index in [-0.39, 0.29) is 43.4 Å². The van der Waals surface area contributed by atoms with Gasteiger partial charge >= 0.3 is 12.1 Å². The number of nitrogens with one attached hydrogen (secondary N) is 1. The Bertz CT molecular complexity index is 1050. The molecule has 2 aliphatic rings. The summed E-state index contributed by atoms with van der Waals surface area (Å²) in [5.74, 6) is -1.31. The summed E-state index contributed by atoms with van der Waals surface area (Å²) in [6.07, 6.45) is 3.78. The highest BCUT2D eigenvalue weighted by atomic mass is 16.5. The van der Waals surface area contributed by atoms with Crippen LogP contribution in [0.4, 0.5) is 4.79 Å². The number of carbonyl (C=O) groups excluding carboxylic acids is 2. The number of hydrogen-bond acceptors (Lipinski definition) is 4. The number of hydrogen-bond donors (Lipinski definition) is 2. The standard InChI is InChI=1S/C27H30N2O5/c1-2-14-29(16-25(31)32)24(30)15-27(12-7-13-27)18-28-26(33)34-17-23-21-10-5-3-8-19(21)20-9-4-6-11-22(20)23/h2-6,8-11,23H,1,7,12-18H2,(H,28,33)(H,31,32). The SMILES string of the molecule is C=CCN(CC(=O)O)C(=O)CC1(CNC(=O)OCC2c3ccccc3-c3ccccc32)CCC1. The fourth-order valence-electron chi connectivity index (χ4n) is 5.01. The molecule has 2 aliphatic carbocycles. The third-order valence-electron chi connectivity index (χ3n) is 6.92. The monoisotopic (exact) mass is 462 g/mol. The number of carbonyl (C=O) groups is 3.